The Balaban J connectivity index is 1.89. The molecule has 0 saturated heterocycles. The largest absolute Gasteiger partial charge is 0.459 e. The summed E-state index contributed by atoms with van der Waals surface area (Å²) in [6.45, 7) is 1.02. The van der Waals surface area contributed by atoms with Crippen LogP contribution in [0.2, 0.25) is 0 Å². The number of furan rings is 1. The molecule has 3 N–H and O–H groups in total. The maximum Gasteiger partial charge on any atom is 0.287 e. The molecule has 2 aromatic rings. The maximum atomic E-state index is 13.5. The molecule has 8 heteroatoms. The average Bonchev–Trinajstić information content (AvgIpc) is 3.06. The average molecular weight is 338 g/mol. The number of benzene rings is 1. The third-order valence-corrected chi connectivity index (χ3v) is 3.29. The van der Waals surface area contributed by atoms with Crippen LogP contribution in [0.3, 0.4) is 0 Å². The van der Waals surface area contributed by atoms with E-state index in [4.69, 9.17) is 4.42 Å². The van der Waals surface area contributed by atoms with Gasteiger partial charge >= 0.3 is 0 Å². The lowest BCUT2D eigenvalue weighted by molar-refractivity contribution is -0.123. The number of halogens is 2. The van der Waals surface area contributed by atoms with Gasteiger partial charge in [0.25, 0.3) is 5.91 Å². The van der Waals surface area contributed by atoms with Crippen molar-refractivity contribution in [3.63, 3.8) is 0 Å². The molecule has 2 unspecified atom stereocenters. The fourth-order valence-electron chi connectivity index (χ4n) is 2.02. The Kier molecular flexibility index (Phi) is 5.64. The zero-order valence-electron chi connectivity index (χ0n) is 12.8. The molecule has 2 amide bonds. The van der Waals surface area contributed by atoms with Crippen LogP contribution in [-0.2, 0) is 4.79 Å². The van der Waals surface area contributed by atoms with Crippen molar-refractivity contribution in [3.05, 3.63) is 59.6 Å². The summed E-state index contributed by atoms with van der Waals surface area (Å²) in [5.74, 6) is -2.97. The molecule has 0 aliphatic carbocycles. The summed E-state index contributed by atoms with van der Waals surface area (Å²) in [5, 5.41) is 14.6. The molecule has 0 spiro atoms. The Morgan fingerprint density at radius 3 is 2.46 bits per heavy atom. The Labute approximate surface area is 136 Å². The first-order valence-corrected chi connectivity index (χ1v) is 7.14. The van der Waals surface area contributed by atoms with Gasteiger partial charge in [-0.05, 0) is 31.2 Å². The van der Waals surface area contributed by atoms with Crippen molar-refractivity contribution in [2.45, 2.75) is 19.1 Å². The first kappa shape index (κ1) is 17.6. The van der Waals surface area contributed by atoms with Crippen molar-refractivity contribution in [2.24, 2.45) is 0 Å². The first-order chi connectivity index (χ1) is 11.4. The lowest BCUT2D eigenvalue weighted by Gasteiger charge is -2.17. The second-order valence-corrected chi connectivity index (χ2v) is 5.07. The van der Waals surface area contributed by atoms with Crippen LogP contribution in [0.25, 0.3) is 0 Å². The van der Waals surface area contributed by atoms with Gasteiger partial charge in [0.2, 0.25) is 5.91 Å². The van der Waals surface area contributed by atoms with E-state index in [0.29, 0.717) is 0 Å². The van der Waals surface area contributed by atoms with Crippen molar-refractivity contribution < 1.29 is 27.9 Å². The number of hydrogen-bond donors (Lipinski definition) is 3. The van der Waals surface area contributed by atoms with Gasteiger partial charge in [0.05, 0.1) is 11.8 Å². The number of carbonyl (C=O) groups excluding carboxylic acids is 2. The summed E-state index contributed by atoms with van der Waals surface area (Å²) >= 11 is 0. The lowest BCUT2D eigenvalue weighted by atomic mass is 10.1. The maximum absolute atomic E-state index is 13.5. The number of rotatable bonds is 6. The molecule has 0 saturated carbocycles. The van der Waals surface area contributed by atoms with E-state index < -0.39 is 47.7 Å². The number of amides is 2. The second kappa shape index (κ2) is 7.69. The summed E-state index contributed by atoms with van der Waals surface area (Å²) < 4.78 is 32.0. The van der Waals surface area contributed by atoms with Crippen LogP contribution in [-0.4, -0.2) is 29.5 Å². The van der Waals surface area contributed by atoms with E-state index in [9.17, 15) is 23.5 Å². The fourth-order valence-corrected chi connectivity index (χ4v) is 2.02. The molecule has 0 fully saturated rings. The molecule has 0 aliphatic heterocycles. The van der Waals surface area contributed by atoms with Gasteiger partial charge < -0.3 is 20.2 Å². The summed E-state index contributed by atoms with van der Waals surface area (Å²) in [7, 11) is 0. The highest BCUT2D eigenvalue weighted by Crippen LogP contribution is 2.19. The molecular formula is C16H16F2N2O4. The second-order valence-electron chi connectivity index (χ2n) is 5.07. The van der Waals surface area contributed by atoms with Crippen molar-refractivity contribution in [2.75, 3.05) is 6.54 Å². The number of carbonyl (C=O) groups is 2. The van der Waals surface area contributed by atoms with Crippen LogP contribution in [0.15, 0.2) is 41.0 Å². The number of nitrogens with one attached hydrogen (secondary N) is 2. The third kappa shape index (κ3) is 4.17. The molecule has 0 radical (unpaired) electrons. The van der Waals surface area contributed by atoms with E-state index in [1.807, 2.05) is 0 Å². The predicted octanol–water partition coefficient (Wildman–Crippen LogP) is 1.53. The minimum Gasteiger partial charge on any atom is -0.459 e. The molecule has 0 bridgehead atoms. The fraction of sp³-hybridized carbons (Fsp3) is 0.250. The van der Waals surface area contributed by atoms with Gasteiger partial charge in [-0.1, -0.05) is 6.07 Å². The number of aliphatic hydroxyl groups is 1. The highest BCUT2D eigenvalue weighted by molar-refractivity contribution is 5.95. The van der Waals surface area contributed by atoms with E-state index in [2.05, 4.69) is 10.6 Å². The predicted molar refractivity (Wildman–Crippen MR) is 80.0 cm³/mol. The molecular weight excluding hydrogens is 322 g/mol. The first-order valence-electron chi connectivity index (χ1n) is 7.14. The summed E-state index contributed by atoms with van der Waals surface area (Å²) in [5.41, 5.74) is -0.523. The Morgan fingerprint density at radius 2 is 1.88 bits per heavy atom. The van der Waals surface area contributed by atoms with E-state index in [0.717, 1.165) is 12.1 Å². The van der Waals surface area contributed by atoms with Crippen LogP contribution in [0.1, 0.15) is 29.1 Å². The van der Waals surface area contributed by atoms with Crippen LogP contribution < -0.4 is 10.6 Å². The van der Waals surface area contributed by atoms with Gasteiger partial charge in [0.1, 0.15) is 23.8 Å². The zero-order chi connectivity index (χ0) is 17.7. The van der Waals surface area contributed by atoms with E-state index in [1.165, 1.54) is 31.4 Å². The molecule has 1 aromatic heterocycles. The molecule has 0 aliphatic rings. The SMILES string of the molecule is CC(NC(=O)c1ccco1)C(=O)NCC(O)c1c(F)cccc1F. The van der Waals surface area contributed by atoms with Gasteiger partial charge in [-0.2, -0.15) is 0 Å². The molecule has 1 aromatic carbocycles. The van der Waals surface area contributed by atoms with Crippen LogP contribution in [0, 0.1) is 11.6 Å². The molecule has 128 valence electrons. The highest BCUT2D eigenvalue weighted by Gasteiger charge is 2.21. The summed E-state index contributed by atoms with van der Waals surface area (Å²) in [6.07, 6.45) is -0.234. The monoisotopic (exact) mass is 338 g/mol. The molecule has 2 rings (SSSR count). The lowest BCUT2D eigenvalue weighted by Crippen LogP contribution is -2.45. The number of hydrogen-bond acceptors (Lipinski definition) is 4. The van der Waals surface area contributed by atoms with Gasteiger partial charge in [-0.25, -0.2) is 8.78 Å². The molecule has 24 heavy (non-hydrogen) atoms. The topological polar surface area (TPSA) is 91.6 Å². The minimum absolute atomic E-state index is 0.0445. The van der Waals surface area contributed by atoms with E-state index >= 15 is 0 Å². The smallest absolute Gasteiger partial charge is 0.287 e. The Hall–Kier alpha value is -2.74. The van der Waals surface area contributed by atoms with Gasteiger partial charge in [0, 0.05) is 6.54 Å². The van der Waals surface area contributed by atoms with Gasteiger partial charge in [0.15, 0.2) is 5.76 Å². The quantitative estimate of drug-likeness (QED) is 0.745. The molecule has 2 atom stereocenters. The standard InChI is InChI=1S/C16H16F2N2O4/c1-9(20-16(23)13-6-3-7-24-13)15(22)19-8-12(21)14-10(17)4-2-5-11(14)18/h2-7,9,12,21H,8H2,1H3,(H,19,22)(H,20,23). The summed E-state index contributed by atoms with van der Waals surface area (Å²) in [4.78, 5) is 23.6. The molecule has 6 nitrogen and oxygen atoms in total. The van der Waals surface area contributed by atoms with Gasteiger partial charge in [-0.3, -0.25) is 9.59 Å². The van der Waals surface area contributed by atoms with Crippen molar-refractivity contribution in [3.8, 4) is 0 Å². The Bertz CT molecular complexity index is 699. The number of aliphatic hydroxyl groups excluding tert-OH is 1. The van der Waals surface area contributed by atoms with Crippen LogP contribution >= 0.6 is 0 Å². The van der Waals surface area contributed by atoms with E-state index in [1.54, 1.807) is 0 Å². The highest BCUT2D eigenvalue weighted by atomic mass is 19.1. The van der Waals surface area contributed by atoms with E-state index in [-0.39, 0.29) is 5.76 Å². The molecule has 1 heterocycles. The van der Waals surface area contributed by atoms with Crippen molar-refractivity contribution in [1.29, 1.82) is 0 Å². The zero-order valence-corrected chi connectivity index (χ0v) is 12.8. The van der Waals surface area contributed by atoms with Crippen LogP contribution in [0.4, 0.5) is 8.78 Å². The van der Waals surface area contributed by atoms with Crippen molar-refractivity contribution in [1.82, 2.24) is 10.6 Å². The summed E-state index contributed by atoms with van der Waals surface area (Å²) in [6, 6.07) is 5.22. The third-order valence-electron chi connectivity index (χ3n) is 3.29. The minimum atomic E-state index is -1.55. The van der Waals surface area contributed by atoms with Crippen molar-refractivity contribution >= 4 is 11.8 Å². The Morgan fingerprint density at radius 1 is 1.21 bits per heavy atom. The normalized spacial score (nSPS) is 13.2. The van der Waals surface area contributed by atoms with Gasteiger partial charge in [-0.15, -0.1) is 0 Å². The van der Waals surface area contributed by atoms with Crippen LogP contribution in [0.5, 0.6) is 0 Å².